The molecular weight excluding hydrogens is 332 g/mol. The van der Waals surface area contributed by atoms with Crippen LogP contribution in [0.2, 0.25) is 0 Å². The van der Waals surface area contributed by atoms with Crippen LogP contribution in [0.4, 0.5) is 0 Å². The predicted molar refractivity (Wildman–Crippen MR) is 96.1 cm³/mol. The van der Waals surface area contributed by atoms with Gasteiger partial charge in [-0.05, 0) is 17.2 Å². The maximum atomic E-state index is 11.2. The summed E-state index contributed by atoms with van der Waals surface area (Å²) in [5.41, 5.74) is 2.07. The highest BCUT2D eigenvalue weighted by Gasteiger charge is 2.37. The van der Waals surface area contributed by atoms with E-state index < -0.39 is 18.5 Å². The minimum absolute atomic E-state index is 0.189. The zero-order valence-electron chi connectivity index (χ0n) is 14.6. The monoisotopic (exact) mass is 354 g/mol. The summed E-state index contributed by atoms with van der Waals surface area (Å²) in [4.78, 5) is 11.2. The molecule has 0 saturated carbocycles. The summed E-state index contributed by atoms with van der Waals surface area (Å²) in [5, 5.41) is 0. The third kappa shape index (κ3) is 4.79. The molecular formula is C21H22O5. The Bertz CT molecular complexity index is 714. The van der Waals surface area contributed by atoms with Crippen molar-refractivity contribution in [1.82, 2.24) is 0 Å². The van der Waals surface area contributed by atoms with Gasteiger partial charge in [0.05, 0.1) is 13.2 Å². The first-order valence-electron chi connectivity index (χ1n) is 8.47. The van der Waals surface area contributed by atoms with Crippen molar-refractivity contribution >= 4 is 6.29 Å². The van der Waals surface area contributed by atoms with E-state index in [-0.39, 0.29) is 5.76 Å². The first kappa shape index (κ1) is 18.3. The Kier molecular flexibility index (Phi) is 6.55. The molecule has 136 valence electrons. The summed E-state index contributed by atoms with van der Waals surface area (Å²) in [6.07, 6.45) is 0.620. The average Bonchev–Trinajstić information content (AvgIpc) is 2.72. The van der Waals surface area contributed by atoms with Crippen molar-refractivity contribution < 1.29 is 23.7 Å². The van der Waals surface area contributed by atoms with Crippen molar-refractivity contribution in [2.75, 3.05) is 7.11 Å². The van der Waals surface area contributed by atoms with Crippen molar-refractivity contribution in [2.24, 2.45) is 0 Å². The summed E-state index contributed by atoms with van der Waals surface area (Å²) in [7, 11) is 1.52. The predicted octanol–water partition coefficient (Wildman–Crippen LogP) is 3.24. The second kappa shape index (κ2) is 9.29. The van der Waals surface area contributed by atoms with Crippen molar-refractivity contribution in [2.45, 2.75) is 31.7 Å². The van der Waals surface area contributed by atoms with Crippen molar-refractivity contribution in [3.63, 3.8) is 0 Å². The zero-order chi connectivity index (χ0) is 18.2. The van der Waals surface area contributed by atoms with Crippen molar-refractivity contribution in [3.8, 4) is 0 Å². The van der Waals surface area contributed by atoms with Gasteiger partial charge in [-0.25, -0.2) is 0 Å². The van der Waals surface area contributed by atoms with E-state index in [1.165, 1.54) is 7.11 Å². The van der Waals surface area contributed by atoms with Gasteiger partial charge >= 0.3 is 0 Å². The summed E-state index contributed by atoms with van der Waals surface area (Å²) >= 11 is 0. The van der Waals surface area contributed by atoms with Crippen LogP contribution < -0.4 is 0 Å². The molecule has 0 saturated heterocycles. The van der Waals surface area contributed by atoms with Gasteiger partial charge in [-0.2, -0.15) is 0 Å². The van der Waals surface area contributed by atoms with Gasteiger partial charge in [-0.3, -0.25) is 4.79 Å². The van der Waals surface area contributed by atoms with E-state index in [1.807, 2.05) is 60.7 Å². The van der Waals surface area contributed by atoms with Crippen LogP contribution in [-0.2, 0) is 37.0 Å². The molecule has 1 heterocycles. The van der Waals surface area contributed by atoms with Gasteiger partial charge in [0, 0.05) is 7.11 Å². The number of hydrogen-bond acceptors (Lipinski definition) is 5. The van der Waals surface area contributed by atoms with E-state index in [1.54, 1.807) is 6.08 Å². The molecule has 0 amide bonds. The minimum Gasteiger partial charge on any atom is -0.459 e. The van der Waals surface area contributed by atoms with E-state index in [9.17, 15) is 4.79 Å². The molecule has 0 N–H and O–H groups in total. The molecule has 5 nitrogen and oxygen atoms in total. The fourth-order valence-corrected chi connectivity index (χ4v) is 2.75. The minimum atomic E-state index is -0.718. The van der Waals surface area contributed by atoms with Gasteiger partial charge in [-0.1, -0.05) is 60.7 Å². The Morgan fingerprint density at radius 1 is 0.923 bits per heavy atom. The molecule has 3 atom stereocenters. The van der Waals surface area contributed by atoms with Gasteiger partial charge < -0.3 is 18.9 Å². The lowest BCUT2D eigenvalue weighted by Crippen LogP contribution is -2.46. The normalized spacial score (nSPS) is 22.3. The molecule has 2 aromatic rings. The third-order valence-corrected chi connectivity index (χ3v) is 4.09. The lowest BCUT2D eigenvalue weighted by molar-refractivity contribution is -0.219. The molecule has 2 aromatic carbocycles. The van der Waals surface area contributed by atoms with E-state index in [0.717, 1.165) is 11.1 Å². The Balaban J connectivity index is 1.72. The molecule has 0 aliphatic carbocycles. The number of benzene rings is 2. The van der Waals surface area contributed by atoms with E-state index in [4.69, 9.17) is 18.9 Å². The molecule has 1 aliphatic rings. The fraction of sp³-hybridized carbons (Fsp3) is 0.286. The van der Waals surface area contributed by atoms with Gasteiger partial charge in [0.25, 0.3) is 0 Å². The topological polar surface area (TPSA) is 54.0 Å². The molecule has 1 aliphatic heterocycles. The molecule has 26 heavy (non-hydrogen) atoms. The maximum Gasteiger partial charge on any atom is 0.229 e. The van der Waals surface area contributed by atoms with E-state index in [2.05, 4.69) is 0 Å². The number of aldehydes is 1. The van der Waals surface area contributed by atoms with Crippen LogP contribution in [0.3, 0.4) is 0 Å². The summed E-state index contributed by atoms with van der Waals surface area (Å²) in [5.74, 6) is 0.189. The van der Waals surface area contributed by atoms with Gasteiger partial charge in [0.15, 0.2) is 12.0 Å². The fourth-order valence-electron chi connectivity index (χ4n) is 2.75. The summed E-state index contributed by atoms with van der Waals surface area (Å²) < 4.78 is 23.0. The Hall–Kier alpha value is -2.47. The summed E-state index contributed by atoms with van der Waals surface area (Å²) in [6, 6.07) is 19.7. The molecule has 0 spiro atoms. The lowest BCUT2D eigenvalue weighted by Gasteiger charge is -2.35. The lowest BCUT2D eigenvalue weighted by atomic mass is 10.1. The SMILES string of the molecule is CO[C@@H]1OC(C=O)=C[C@@H](OCc2ccccc2)[C@H]1OCc1ccccc1. The molecule has 0 unspecified atom stereocenters. The van der Waals surface area contributed by atoms with Crippen LogP contribution in [0.15, 0.2) is 72.5 Å². The smallest absolute Gasteiger partial charge is 0.229 e. The highest BCUT2D eigenvalue weighted by atomic mass is 16.7. The van der Waals surface area contributed by atoms with Crippen LogP contribution in [0, 0.1) is 0 Å². The number of ether oxygens (including phenoxy) is 4. The van der Waals surface area contributed by atoms with Crippen molar-refractivity contribution in [1.29, 1.82) is 0 Å². The molecule has 3 rings (SSSR count). The van der Waals surface area contributed by atoms with Crippen LogP contribution in [0.25, 0.3) is 0 Å². The second-order valence-electron chi connectivity index (χ2n) is 5.93. The number of carbonyl (C=O) groups excluding carboxylic acids is 1. The van der Waals surface area contributed by atoms with Gasteiger partial charge in [-0.15, -0.1) is 0 Å². The number of methoxy groups -OCH3 is 1. The molecule has 5 heteroatoms. The van der Waals surface area contributed by atoms with Crippen LogP contribution in [0.5, 0.6) is 0 Å². The Morgan fingerprint density at radius 3 is 2.04 bits per heavy atom. The van der Waals surface area contributed by atoms with Crippen LogP contribution >= 0.6 is 0 Å². The maximum absolute atomic E-state index is 11.2. The third-order valence-electron chi connectivity index (χ3n) is 4.09. The van der Waals surface area contributed by atoms with Crippen LogP contribution in [-0.4, -0.2) is 31.9 Å². The van der Waals surface area contributed by atoms with Crippen LogP contribution in [0.1, 0.15) is 11.1 Å². The molecule has 0 fully saturated rings. The highest BCUT2D eigenvalue weighted by molar-refractivity contribution is 5.70. The number of hydrogen-bond donors (Lipinski definition) is 0. The van der Waals surface area contributed by atoms with Gasteiger partial charge in [0.2, 0.25) is 6.29 Å². The standard InChI is InChI=1S/C21H22O5/c1-23-21-20(25-15-17-10-6-3-7-11-17)19(12-18(13-22)26-21)24-14-16-8-4-2-5-9-16/h2-13,19-21H,14-15H2,1H3/t19-,20-,21-/m1/s1. The quantitative estimate of drug-likeness (QED) is 0.681. The van der Waals surface area contributed by atoms with Gasteiger partial charge in [0.1, 0.15) is 12.2 Å². The average molecular weight is 354 g/mol. The first-order valence-corrected chi connectivity index (χ1v) is 8.47. The Labute approximate surface area is 153 Å². The molecule has 0 aromatic heterocycles. The highest BCUT2D eigenvalue weighted by Crippen LogP contribution is 2.25. The Morgan fingerprint density at radius 2 is 1.50 bits per heavy atom. The zero-order valence-corrected chi connectivity index (χ0v) is 14.6. The van der Waals surface area contributed by atoms with E-state index in [0.29, 0.717) is 19.5 Å². The second-order valence-corrected chi connectivity index (χ2v) is 5.93. The van der Waals surface area contributed by atoms with E-state index >= 15 is 0 Å². The molecule has 0 bridgehead atoms. The number of carbonyl (C=O) groups is 1. The first-order chi connectivity index (χ1) is 12.8. The molecule has 0 radical (unpaired) electrons. The summed E-state index contributed by atoms with van der Waals surface area (Å²) in [6.45, 7) is 0.792. The largest absolute Gasteiger partial charge is 0.459 e. The number of allylic oxidation sites excluding steroid dienone is 1. The van der Waals surface area contributed by atoms with Crippen molar-refractivity contribution in [3.05, 3.63) is 83.6 Å². The number of rotatable bonds is 8.